The van der Waals surface area contributed by atoms with Crippen LogP contribution in [-0.2, 0) is 4.74 Å². The molecule has 3 heterocycles. The molecule has 0 radical (unpaired) electrons. The molecule has 3 aromatic rings. The quantitative estimate of drug-likeness (QED) is 0.718. The molecule has 1 fully saturated rings. The Morgan fingerprint density at radius 1 is 1.12 bits per heavy atom. The summed E-state index contributed by atoms with van der Waals surface area (Å²) in [7, 11) is 0. The predicted molar refractivity (Wildman–Crippen MR) is 95.3 cm³/mol. The van der Waals surface area contributed by atoms with Crippen LogP contribution in [0.25, 0.3) is 16.9 Å². The zero-order valence-electron chi connectivity index (χ0n) is 13.8. The summed E-state index contributed by atoms with van der Waals surface area (Å²) in [5.74, 6) is 1.28. The van der Waals surface area contributed by atoms with Gasteiger partial charge in [0.2, 0.25) is 5.95 Å². The Morgan fingerprint density at radius 2 is 1.92 bits per heavy atom. The van der Waals surface area contributed by atoms with E-state index in [1.54, 1.807) is 6.33 Å². The van der Waals surface area contributed by atoms with Crippen LogP contribution in [0.1, 0.15) is 0 Å². The average molecular weight is 340 g/mol. The van der Waals surface area contributed by atoms with Crippen molar-refractivity contribution < 1.29 is 9.84 Å². The van der Waals surface area contributed by atoms with Gasteiger partial charge in [-0.15, -0.1) is 0 Å². The number of fused-ring (bicyclic) bond motifs is 1. The normalized spacial score (nSPS) is 14.8. The fourth-order valence-corrected chi connectivity index (χ4v) is 2.87. The highest BCUT2D eigenvalue weighted by molar-refractivity contribution is 5.85. The summed E-state index contributed by atoms with van der Waals surface area (Å²) in [5.41, 5.74) is 2.42. The number of aromatic nitrogens is 4. The molecule has 8 heteroatoms. The molecule has 1 aliphatic rings. The van der Waals surface area contributed by atoms with E-state index in [2.05, 4.69) is 20.2 Å². The second-order valence-electron chi connectivity index (χ2n) is 5.74. The summed E-state index contributed by atoms with van der Waals surface area (Å²) in [6.45, 7) is 3.27. The van der Waals surface area contributed by atoms with Crippen molar-refractivity contribution in [2.75, 3.05) is 49.7 Å². The van der Waals surface area contributed by atoms with E-state index in [4.69, 9.17) is 14.8 Å². The van der Waals surface area contributed by atoms with Gasteiger partial charge in [0.1, 0.15) is 6.33 Å². The highest BCUT2D eigenvalue weighted by Crippen LogP contribution is 2.25. The topological polar surface area (TPSA) is 88.3 Å². The number of nitrogens with one attached hydrogen (secondary N) is 1. The van der Waals surface area contributed by atoms with Gasteiger partial charge in [-0.2, -0.15) is 9.97 Å². The number of imidazole rings is 1. The minimum atomic E-state index is 0.0256. The number of aliphatic hydroxyl groups excluding tert-OH is 1. The van der Waals surface area contributed by atoms with Gasteiger partial charge in [0.25, 0.3) is 0 Å². The molecule has 0 saturated carbocycles. The lowest BCUT2D eigenvalue weighted by Gasteiger charge is -2.27. The molecule has 0 unspecified atom stereocenters. The standard InChI is InChI=1S/C17H20N6O2/c24-9-6-18-15-14-16(21-17(20-15)22-7-10-25-11-8-22)23(12-19-14)13-4-2-1-3-5-13/h1-5,12,24H,6-11H2,(H,18,20,21). The first-order valence-corrected chi connectivity index (χ1v) is 8.35. The maximum Gasteiger partial charge on any atom is 0.229 e. The second kappa shape index (κ2) is 7.04. The van der Waals surface area contributed by atoms with Crippen molar-refractivity contribution in [1.29, 1.82) is 0 Å². The lowest BCUT2D eigenvalue weighted by Crippen LogP contribution is -2.37. The first-order chi connectivity index (χ1) is 12.4. The molecule has 1 aromatic carbocycles. The minimum absolute atomic E-state index is 0.0256. The third-order valence-corrected chi connectivity index (χ3v) is 4.12. The van der Waals surface area contributed by atoms with Crippen LogP contribution in [0.15, 0.2) is 36.7 Å². The van der Waals surface area contributed by atoms with Gasteiger partial charge in [0.15, 0.2) is 17.0 Å². The molecule has 1 saturated heterocycles. The lowest BCUT2D eigenvalue weighted by molar-refractivity contribution is 0.122. The maximum atomic E-state index is 9.14. The van der Waals surface area contributed by atoms with Gasteiger partial charge in [-0.05, 0) is 12.1 Å². The van der Waals surface area contributed by atoms with Crippen LogP contribution < -0.4 is 10.2 Å². The van der Waals surface area contributed by atoms with Gasteiger partial charge in [-0.3, -0.25) is 4.57 Å². The highest BCUT2D eigenvalue weighted by Gasteiger charge is 2.19. The smallest absolute Gasteiger partial charge is 0.229 e. The number of ether oxygens (including phenoxy) is 1. The van der Waals surface area contributed by atoms with Gasteiger partial charge in [-0.1, -0.05) is 18.2 Å². The Hall–Kier alpha value is -2.71. The Bertz CT molecular complexity index is 845. The highest BCUT2D eigenvalue weighted by atomic mass is 16.5. The van der Waals surface area contributed by atoms with Crippen LogP contribution in [0.3, 0.4) is 0 Å². The predicted octanol–water partition coefficient (Wildman–Crippen LogP) is 1.06. The molecule has 0 spiro atoms. The zero-order chi connectivity index (χ0) is 17.1. The molecular formula is C17H20N6O2. The van der Waals surface area contributed by atoms with E-state index in [-0.39, 0.29) is 6.61 Å². The van der Waals surface area contributed by atoms with Crippen molar-refractivity contribution in [3.05, 3.63) is 36.7 Å². The summed E-state index contributed by atoms with van der Waals surface area (Å²) in [4.78, 5) is 16.0. The molecule has 0 bridgehead atoms. The Morgan fingerprint density at radius 3 is 2.68 bits per heavy atom. The SMILES string of the molecule is OCCNc1nc(N2CCOCC2)nc2c1ncn2-c1ccccc1. The van der Waals surface area contributed by atoms with E-state index in [0.29, 0.717) is 37.0 Å². The largest absolute Gasteiger partial charge is 0.395 e. The van der Waals surface area contributed by atoms with Gasteiger partial charge in [-0.25, -0.2) is 4.98 Å². The summed E-state index contributed by atoms with van der Waals surface area (Å²) in [5, 5.41) is 12.3. The first-order valence-electron chi connectivity index (χ1n) is 8.35. The van der Waals surface area contributed by atoms with E-state index in [1.165, 1.54) is 0 Å². The monoisotopic (exact) mass is 340 g/mol. The van der Waals surface area contributed by atoms with Crippen LogP contribution in [0.5, 0.6) is 0 Å². The van der Waals surface area contributed by atoms with E-state index in [0.717, 1.165) is 24.4 Å². The summed E-state index contributed by atoms with van der Waals surface area (Å²) in [6, 6.07) is 9.97. The van der Waals surface area contributed by atoms with Crippen molar-refractivity contribution in [2.24, 2.45) is 0 Å². The fraction of sp³-hybridized carbons (Fsp3) is 0.353. The molecule has 2 N–H and O–H groups in total. The van der Waals surface area contributed by atoms with Crippen LogP contribution in [-0.4, -0.2) is 64.1 Å². The molecule has 0 amide bonds. The van der Waals surface area contributed by atoms with Crippen LogP contribution in [0.2, 0.25) is 0 Å². The van der Waals surface area contributed by atoms with Crippen molar-refractivity contribution in [2.45, 2.75) is 0 Å². The van der Waals surface area contributed by atoms with Crippen molar-refractivity contribution in [1.82, 2.24) is 19.5 Å². The molecule has 4 rings (SSSR count). The molecule has 2 aromatic heterocycles. The maximum absolute atomic E-state index is 9.14. The number of rotatable bonds is 5. The number of aliphatic hydroxyl groups is 1. The number of hydrogen-bond acceptors (Lipinski definition) is 7. The summed E-state index contributed by atoms with van der Waals surface area (Å²) >= 11 is 0. The summed E-state index contributed by atoms with van der Waals surface area (Å²) in [6.07, 6.45) is 1.75. The average Bonchev–Trinajstić information content (AvgIpc) is 3.11. The lowest BCUT2D eigenvalue weighted by atomic mass is 10.3. The van der Waals surface area contributed by atoms with E-state index in [9.17, 15) is 0 Å². The molecule has 1 aliphatic heterocycles. The van der Waals surface area contributed by atoms with Crippen molar-refractivity contribution in [3.63, 3.8) is 0 Å². The van der Waals surface area contributed by atoms with E-state index < -0.39 is 0 Å². The fourth-order valence-electron chi connectivity index (χ4n) is 2.87. The molecule has 0 atom stereocenters. The van der Waals surface area contributed by atoms with Gasteiger partial charge >= 0.3 is 0 Å². The first kappa shape index (κ1) is 15.8. The summed E-state index contributed by atoms with van der Waals surface area (Å²) < 4.78 is 7.37. The van der Waals surface area contributed by atoms with Gasteiger partial charge in [0.05, 0.1) is 19.8 Å². The number of hydrogen-bond donors (Lipinski definition) is 2. The Balaban J connectivity index is 1.83. The Kier molecular flexibility index (Phi) is 4.45. The van der Waals surface area contributed by atoms with Crippen LogP contribution >= 0.6 is 0 Å². The molecule has 130 valence electrons. The second-order valence-corrected chi connectivity index (χ2v) is 5.74. The third kappa shape index (κ3) is 3.13. The number of morpholine rings is 1. The van der Waals surface area contributed by atoms with E-state index >= 15 is 0 Å². The third-order valence-electron chi connectivity index (χ3n) is 4.12. The minimum Gasteiger partial charge on any atom is -0.395 e. The molecular weight excluding hydrogens is 320 g/mol. The van der Waals surface area contributed by atoms with Crippen LogP contribution in [0, 0.1) is 0 Å². The van der Waals surface area contributed by atoms with Gasteiger partial charge < -0.3 is 20.1 Å². The number of anilines is 2. The van der Waals surface area contributed by atoms with Gasteiger partial charge in [0, 0.05) is 25.3 Å². The zero-order valence-corrected chi connectivity index (χ0v) is 13.8. The van der Waals surface area contributed by atoms with Crippen LogP contribution in [0.4, 0.5) is 11.8 Å². The number of para-hydroxylation sites is 1. The van der Waals surface area contributed by atoms with Crippen molar-refractivity contribution in [3.8, 4) is 5.69 Å². The number of benzene rings is 1. The molecule has 0 aliphatic carbocycles. The Labute approximate surface area is 145 Å². The molecule has 8 nitrogen and oxygen atoms in total. The number of nitrogens with zero attached hydrogens (tertiary/aromatic N) is 5. The molecule has 25 heavy (non-hydrogen) atoms. The van der Waals surface area contributed by atoms with E-state index in [1.807, 2.05) is 34.9 Å². The van der Waals surface area contributed by atoms with Crippen molar-refractivity contribution >= 4 is 22.9 Å².